The molecule has 0 aromatic heterocycles. The van der Waals surface area contributed by atoms with Crippen molar-refractivity contribution in [1.82, 2.24) is 10.6 Å². The van der Waals surface area contributed by atoms with Gasteiger partial charge in [0.1, 0.15) is 17.4 Å². The molecule has 3 rings (SSSR count). The summed E-state index contributed by atoms with van der Waals surface area (Å²) >= 11 is 0. The third-order valence-electron chi connectivity index (χ3n) is 5.74. The Morgan fingerprint density at radius 3 is 1.98 bits per heavy atom. The molecule has 0 radical (unpaired) electrons. The summed E-state index contributed by atoms with van der Waals surface area (Å²) in [7, 11) is 0. The molecule has 0 spiro atoms. The monoisotopic (exact) mass is 593 g/mol. The highest BCUT2D eigenvalue weighted by molar-refractivity contribution is 5.87. The summed E-state index contributed by atoms with van der Waals surface area (Å²) in [6.45, 7) is 0. The van der Waals surface area contributed by atoms with Gasteiger partial charge < -0.3 is 21.1 Å². The van der Waals surface area contributed by atoms with Gasteiger partial charge in [0.05, 0.1) is 5.54 Å². The number of amides is 3. The van der Waals surface area contributed by atoms with Gasteiger partial charge in [-0.2, -0.15) is 30.7 Å². The number of alkyl halides is 7. The molecule has 15 heteroatoms. The van der Waals surface area contributed by atoms with Gasteiger partial charge in [0.25, 0.3) is 0 Å². The number of halogens is 9. The number of hydrogen-bond acceptors (Lipinski definition) is 3. The summed E-state index contributed by atoms with van der Waals surface area (Å²) in [4.78, 5) is 24.4. The molecule has 41 heavy (non-hydrogen) atoms. The SMILES string of the molecule is NC(=O)C(NC(=O)NC(Cc1ccccc1)(c1ccc(F)cc1)c1cc(F)cc(OC(F)(F)C(F)F)c1)C(F)(F)F. The largest absolute Gasteiger partial charge is 0.461 e. The molecule has 2 unspecified atom stereocenters. The van der Waals surface area contributed by atoms with Crippen LogP contribution in [0, 0.1) is 11.6 Å². The van der Waals surface area contributed by atoms with Crippen LogP contribution in [-0.4, -0.2) is 36.7 Å². The topological polar surface area (TPSA) is 93.5 Å². The summed E-state index contributed by atoms with van der Waals surface area (Å²) in [6, 6.07) is 8.32. The van der Waals surface area contributed by atoms with Gasteiger partial charge in [-0.05, 0) is 41.0 Å². The maximum absolute atomic E-state index is 14.8. The highest BCUT2D eigenvalue weighted by Crippen LogP contribution is 2.38. The first kappa shape index (κ1) is 31.1. The van der Waals surface area contributed by atoms with Gasteiger partial charge >= 0.3 is 24.7 Å². The van der Waals surface area contributed by atoms with E-state index in [1.54, 1.807) is 6.07 Å². The van der Waals surface area contributed by atoms with Crippen molar-refractivity contribution in [1.29, 1.82) is 0 Å². The van der Waals surface area contributed by atoms with E-state index < -0.39 is 71.6 Å². The zero-order valence-corrected chi connectivity index (χ0v) is 20.5. The van der Waals surface area contributed by atoms with Crippen molar-refractivity contribution in [2.75, 3.05) is 0 Å². The van der Waals surface area contributed by atoms with Crippen molar-refractivity contribution in [2.45, 2.75) is 36.7 Å². The van der Waals surface area contributed by atoms with E-state index in [1.165, 1.54) is 29.6 Å². The van der Waals surface area contributed by atoms with Crippen molar-refractivity contribution >= 4 is 11.9 Å². The number of primary amides is 1. The van der Waals surface area contributed by atoms with Crippen LogP contribution in [-0.2, 0) is 16.8 Å². The van der Waals surface area contributed by atoms with Crippen LogP contribution in [0.4, 0.5) is 44.3 Å². The maximum atomic E-state index is 14.8. The molecule has 0 aliphatic heterocycles. The number of nitrogens with one attached hydrogen (secondary N) is 2. The summed E-state index contributed by atoms with van der Waals surface area (Å²) in [5, 5.41) is 3.55. The van der Waals surface area contributed by atoms with Crippen molar-refractivity contribution < 1.29 is 53.8 Å². The van der Waals surface area contributed by atoms with Gasteiger partial charge in [0.15, 0.2) is 0 Å². The van der Waals surface area contributed by atoms with Crippen LogP contribution in [0.3, 0.4) is 0 Å². The van der Waals surface area contributed by atoms with Gasteiger partial charge in [-0.3, -0.25) is 4.79 Å². The first-order valence-corrected chi connectivity index (χ1v) is 11.4. The van der Waals surface area contributed by atoms with Gasteiger partial charge in [0.2, 0.25) is 11.9 Å². The zero-order valence-electron chi connectivity index (χ0n) is 20.5. The van der Waals surface area contributed by atoms with Crippen molar-refractivity contribution in [3.8, 4) is 5.75 Å². The Hall–Kier alpha value is -4.43. The average molecular weight is 593 g/mol. The average Bonchev–Trinajstić information content (AvgIpc) is 2.86. The fourth-order valence-corrected chi connectivity index (χ4v) is 3.94. The van der Waals surface area contributed by atoms with Gasteiger partial charge in [-0.1, -0.05) is 42.5 Å². The molecule has 3 amide bonds. The lowest BCUT2D eigenvalue weighted by Gasteiger charge is -2.37. The standard InChI is InChI=1S/C26H20F9N3O3/c27-17-8-6-15(7-9-17)24(13-14-4-2-1-3-5-14,38-23(40)37-20(21(36)39)25(31,32)33)16-10-18(28)12-19(11-16)41-26(34,35)22(29)30/h1-12,20,22H,13H2,(H2,36,39)(H2,37,38,40). The molecule has 0 saturated carbocycles. The number of ether oxygens (including phenoxy) is 1. The van der Waals surface area contributed by atoms with E-state index in [1.807, 2.05) is 0 Å². The molecular formula is C26H20F9N3O3. The molecule has 220 valence electrons. The van der Waals surface area contributed by atoms with Crippen LogP contribution in [0.5, 0.6) is 5.75 Å². The number of carbonyl (C=O) groups excluding carboxylic acids is 2. The Morgan fingerprint density at radius 1 is 0.829 bits per heavy atom. The smallest absolute Gasteiger partial charge is 0.428 e. The molecule has 0 aliphatic carbocycles. The highest BCUT2D eigenvalue weighted by atomic mass is 19.4. The molecular weight excluding hydrogens is 573 g/mol. The molecule has 0 saturated heterocycles. The van der Waals surface area contributed by atoms with Crippen LogP contribution in [0.15, 0.2) is 72.8 Å². The first-order valence-electron chi connectivity index (χ1n) is 11.4. The Balaban J connectivity index is 2.25. The lowest BCUT2D eigenvalue weighted by atomic mass is 9.77. The molecule has 3 aromatic rings. The van der Waals surface area contributed by atoms with Crippen LogP contribution in [0.1, 0.15) is 16.7 Å². The van der Waals surface area contributed by atoms with E-state index in [0.717, 1.165) is 24.3 Å². The van der Waals surface area contributed by atoms with E-state index in [0.29, 0.717) is 23.8 Å². The minimum absolute atomic E-state index is 0.113. The predicted octanol–water partition coefficient (Wildman–Crippen LogP) is 5.40. The Labute approximate surface area is 226 Å². The Bertz CT molecular complexity index is 1370. The predicted molar refractivity (Wildman–Crippen MR) is 126 cm³/mol. The quantitative estimate of drug-likeness (QED) is 0.275. The molecule has 0 heterocycles. The molecule has 0 aliphatic rings. The first-order chi connectivity index (χ1) is 19.0. The number of carbonyl (C=O) groups is 2. The van der Waals surface area contributed by atoms with Gasteiger partial charge in [-0.25, -0.2) is 13.6 Å². The summed E-state index contributed by atoms with van der Waals surface area (Å²) < 4.78 is 126. The molecule has 6 nitrogen and oxygen atoms in total. The number of nitrogens with two attached hydrogens (primary N) is 1. The maximum Gasteiger partial charge on any atom is 0.461 e. The normalized spacial score (nSPS) is 14.2. The van der Waals surface area contributed by atoms with E-state index >= 15 is 0 Å². The van der Waals surface area contributed by atoms with Crippen LogP contribution in [0.2, 0.25) is 0 Å². The number of benzene rings is 3. The molecule has 4 N–H and O–H groups in total. The van der Waals surface area contributed by atoms with Crippen molar-refractivity contribution in [3.05, 3.63) is 101 Å². The number of rotatable bonds is 10. The zero-order chi connectivity index (χ0) is 30.6. The van der Waals surface area contributed by atoms with Crippen LogP contribution in [0.25, 0.3) is 0 Å². The molecule has 2 atom stereocenters. The van der Waals surface area contributed by atoms with E-state index in [9.17, 15) is 49.1 Å². The third-order valence-corrected chi connectivity index (χ3v) is 5.74. The Morgan fingerprint density at radius 2 is 1.44 bits per heavy atom. The van der Waals surface area contributed by atoms with Crippen molar-refractivity contribution in [2.24, 2.45) is 5.73 Å². The second kappa shape index (κ2) is 12.0. The summed E-state index contributed by atoms with van der Waals surface area (Å²) in [6.07, 6.45) is -15.2. The van der Waals surface area contributed by atoms with Crippen molar-refractivity contribution in [3.63, 3.8) is 0 Å². The van der Waals surface area contributed by atoms with E-state index in [-0.39, 0.29) is 5.56 Å². The minimum Gasteiger partial charge on any atom is -0.428 e. The van der Waals surface area contributed by atoms with E-state index in [2.05, 4.69) is 10.1 Å². The lowest BCUT2D eigenvalue weighted by molar-refractivity contribution is -0.253. The number of urea groups is 1. The Kier molecular flexibility index (Phi) is 9.09. The minimum atomic E-state index is -5.33. The molecule has 0 bridgehead atoms. The third kappa shape index (κ3) is 7.61. The fourth-order valence-electron chi connectivity index (χ4n) is 3.94. The lowest BCUT2D eigenvalue weighted by Crippen LogP contribution is -2.59. The highest BCUT2D eigenvalue weighted by Gasteiger charge is 2.47. The fraction of sp³-hybridized carbons (Fsp3) is 0.231. The van der Waals surface area contributed by atoms with E-state index in [4.69, 9.17) is 5.73 Å². The van der Waals surface area contributed by atoms with Crippen LogP contribution < -0.4 is 21.1 Å². The van der Waals surface area contributed by atoms with Gasteiger partial charge in [-0.15, -0.1) is 0 Å². The van der Waals surface area contributed by atoms with Crippen LogP contribution >= 0.6 is 0 Å². The van der Waals surface area contributed by atoms with Gasteiger partial charge in [0, 0.05) is 12.5 Å². The second-order valence-electron chi connectivity index (χ2n) is 8.69. The molecule has 3 aromatic carbocycles. The summed E-state index contributed by atoms with van der Waals surface area (Å²) in [5.74, 6) is -5.22. The summed E-state index contributed by atoms with van der Waals surface area (Å²) in [5.41, 5.74) is 2.32. The second-order valence-corrected chi connectivity index (χ2v) is 8.69. The number of hydrogen-bond donors (Lipinski definition) is 3. The molecule has 0 fully saturated rings.